The molecule has 1 aromatic heterocycles. The lowest BCUT2D eigenvalue weighted by Crippen LogP contribution is -2.48. The average molecular weight is 389 g/mol. The zero-order valence-corrected chi connectivity index (χ0v) is 14.0. The fourth-order valence-corrected chi connectivity index (χ4v) is 1.90. The molecule has 2 N–H and O–H groups in total. The van der Waals surface area contributed by atoms with E-state index >= 15 is 0 Å². The maximum Gasteiger partial charge on any atom is 0.328 e. The molecule has 1 heterocycles. The van der Waals surface area contributed by atoms with Gasteiger partial charge in [-0.25, -0.2) is 4.79 Å². The number of nitrogens with zero attached hydrogens (tertiary/aromatic N) is 1. The number of ether oxygens (including phenoxy) is 1. The minimum atomic E-state index is -1.23. The smallest absolute Gasteiger partial charge is 0.328 e. The molecule has 0 radical (unpaired) electrons. The molecule has 0 saturated heterocycles. The highest BCUT2D eigenvalue weighted by atomic mass is 79.9. The number of likely N-dealkylation sites (N-methyl/N-ethyl adjacent to an activating group) is 1. The van der Waals surface area contributed by atoms with Crippen molar-refractivity contribution in [2.75, 3.05) is 26.8 Å². The maximum atomic E-state index is 12.0. The van der Waals surface area contributed by atoms with Crippen LogP contribution in [0.15, 0.2) is 33.9 Å². The summed E-state index contributed by atoms with van der Waals surface area (Å²) in [6.07, 6.45) is 1.47. The summed E-state index contributed by atoms with van der Waals surface area (Å²) in [6, 6.07) is 1.81. The van der Waals surface area contributed by atoms with Gasteiger partial charge >= 0.3 is 5.97 Å². The third kappa shape index (κ3) is 6.25. The van der Waals surface area contributed by atoms with Crippen molar-refractivity contribution in [1.82, 2.24) is 10.2 Å². The Morgan fingerprint density at radius 1 is 1.52 bits per heavy atom. The normalized spacial score (nSPS) is 11.6. The van der Waals surface area contributed by atoms with Crippen LogP contribution in [0.1, 0.15) is 10.6 Å². The molecule has 0 fully saturated rings. The van der Waals surface area contributed by atoms with Crippen molar-refractivity contribution in [1.29, 1.82) is 0 Å². The molecule has 1 rings (SSSR count). The second kappa shape index (κ2) is 9.11. The largest absolute Gasteiger partial charge is 0.480 e. The summed E-state index contributed by atoms with van der Waals surface area (Å²) in [6.45, 7) is 3.09. The number of halogens is 1. The Morgan fingerprint density at radius 2 is 2.22 bits per heavy atom. The SMILES string of the molecule is C=CCOCC(NC(=O)CN(C)C(=O)c1ccc(Br)o1)C(=O)O. The van der Waals surface area contributed by atoms with Crippen molar-refractivity contribution in [2.45, 2.75) is 6.04 Å². The van der Waals surface area contributed by atoms with Crippen molar-refractivity contribution in [3.05, 3.63) is 35.2 Å². The number of carbonyl (C=O) groups is 3. The van der Waals surface area contributed by atoms with Gasteiger partial charge in [0.2, 0.25) is 5.91 Å². The Bertz CT molecular complexity index is 586. The van der Waals surface area contributed by atoms with E-state index in [2.05, 4.69) is 27.8 Å². The van der Waals surface area contributed by atoms with Crippen LogP contribution in [0.4, 0.5) is 0 Å². The van der Waals surface area contributed by atoms with Crippen LogP contribution in [0.5, 0.6) is 0 Å². The lowest BCUT2D eigenvalue weighted by molar-refractivity contribution is -0.143. The van der Waals surface area contributed by atoms with E-state index in [1.165, 1.54) is 19.2 Å². The molecule has 0 saturated carbocycles. The lowest BCUT2D eigenvalue weighted by Gasteiger charge is -2.18. The Labute approximate surface area is 141 Å². The molecule has 2 amide bonds. The van der Waals surface area contributed by atoms with Crippen LogP contribution in [0.2, 0.25) is 0 Å². The van der Waals surface area contributed by atoms with E-state index in [9.17, 15) is 14.4 Å². The van der Waals surface area contributed by atoms with Gasteiger partial charge in [0.15, 0.2) is 16.5 Å². The second-order valence-corrected chi connectivity index (χ2v) is 5.33. The third-order valence-corrected chi connectivity index (χ3v) is 3.09. The Hall–Kier alpha value is -2.13. The van der Waals surface area contributed by atoms with Crippen LogP contribution in [0.3, 0.4) is 0 Å². The first-order valence-electron chi connectivity index (χ1n) is 6.56. The lowest BCUT2D eigenvalue weighted by atomic mass is 10.3. The Morgan fingerprint density at radius 3 is 2.74 bits per heavy atom. The van der Waals surface area contributed by atoms with Crippen molar-refractivity contribution in [3.8, 4) is 0 Å². The van der Waals surface area contributed by atoms with Gasteiger partial charge in [0.05, 0.1) is 19.8 Å². The number of hydrogen-bond donors (Lipinski definition) is 2. The molecular weight excluding hydrogens is 372 g/mol. The zero-order valence-electron chi connectivity index (χ0n) is 12.5. The number of aliphatic carboxylic acids is 1. The molecule has 1 atom stereocenters. The first-order valence-corrected chi connectivity index (χ1v) is 7.36. The minimum Gasteiger partial charge on any atom is -0.480 e. The van der Waals surface area contributed by atoms with E-state index in [-0.39, 0.29) is 25.5 Å². The molecule has 0 aliphatic carbocycles. The molecule has 1 aromatic rings. The molecule has 0 bridgehead atoms. The quantitative estimate of drug-likeness (QED) is 0.480. The van der Waals surface area contributed by atoms with Crippen molar-refractivity contribution in [2.24, 2.45) is 0 Å². The summed E-state index contributed by atoms with van der Waals surface area (Å²) in [7, 11) is 1.41. The number of carboxylic acids is 1. The molecule has 9 heteroatoms. The molecule has 23 heavy (non-hydrogen) atoms. The van der Waals surface area contributed by atoms with Gasteiger partial charge in [-0.1, -0.05) is 6.08 Å². The van der Waals surface area contributed by atoms with Crippen LogP contribution in [-0.2, 0) is 14.3 Å². The van der Waals surface area contributed by atoms with Gasteiger partial charge in [0, 0.05) is 7.05 Å². The van der Waals surface area contributed by atoms with Crippen molar-refractivity contribution < 1.29 is 28.6 Å². The summed E-state index contributed by atoms with van der Waals surface area (Å²) < 4.78 is 10.5. The number of hydrogen-bond acceptors (Lipinski definition) is 5. The topological polar surface area (TPSA) is 109 Å². The van der Waals surface area contributed by atoms with E-state index < -0.39 is 23.8 Å². The monoisotopic (exact) mass is 388 g/mol. The van der Waals surface area contributed by atoms with Gasteiger partial charge in [-0.15, -0.1) is 6.58 Å². The van der Waals surface area contributed by atoms with Gasteiger partial charge in [0.1, 0.15) is 0 Å². The number of amides is 2. The molecule has 0 aromatic carbocycles. The molecule has 0 aliphatic rings. The van der Waals surface area contributed by atoms with E-state index in [0.717, 1.165) is 4.90 Å². The highest BCUT2D eigenvalue weighted by molar-refractivity contribution is 9.10. The number of carbonyl (C=O) groups excluding carboxylic acids is 2. The van der Waals surface area contributed by atoms with Crippen LogP contribution >= 0.6 is 15.9 Å². The molecule has 0 spiro atoms. The number of nitrogens with one attached hydrogen (secondary N) is 1. The van der Waals surface area contributed by atoms with Crippen LogP contribution in [0, 0.1) is 0 Å². The molecule has 0 aliphatic heterocycles. The average Bonchev–Trinajstić information content (AvgIpc) is 2.91. The number of carboxylic acid groups (broad SMARTS) is 1. The fraction of sp³-hybridized carbons (Fsp3) is 0.357. The summed E-state index contributed by atoms with van der Waals surface area (Å²) in [5, 5.41) is 11.3. The van der Waals surface area contributed by atoms with Gasteiger partial charge in [0.25, 0.3) is 5.91 Å². The third-order valence-electron chi connectivity index (χ3n) is 2.66. The maximum absolute atomic E-state index is 12.0. The molecular formula is C14H17BrN2O6. The van der Waals surface area contributed by atoms with E-state index in [1.807, 2.05) is 0 Å². The fourth-order valence-electron chi connectivity index (χ4n) is 1.59. The summed E-state index contributed by atoms with van der Waals surface area (Å²) in [5.41, 5.74) is 0. The highest BCUT2D eigenvalue weighted by Crippen LogP contribution is 2.15. The molecule has 126 valence electrons. The summed E-state index contributed by atoms with van der Waals surface area (Å²) >= 11 is 3.08. The minimum absolute atomic E-state index is 0.0660. The van der Waals surface area contributed by atoms with E-state index in [4.69, 9.17) is 14.3 Å². The van der Waals surface area contributed by atoms with Crippen LogP contribution in [0.25, 0.3) is 0 Å². The zero-order chi connectivity index (χ0) is 17.4. The van der Waals surface area contributed by atoms with Crippen molar-refractivity contribution in [3.63, 3.8) is 0 Å². The predicted octanol–water partition coefficient (Wildman–Crippen LogP) is 0.886. The Kier molecular flexibility index (Phi) is 7.49. The van der Waals surface area contributed by atoms with Gasteiger partial charge in [-0.2, -0.15) is 0 Å². The molecule has 1 unspecified atom stereocenters. The van der Waals surface area contributed by atoms with E-state index in [0.29, 0.717) is 4.67 Å². The van der Waals surface area contributed by atoms with Crippen molar-refractivity contribution >= 4 is 33.7 Å². The standard InChI is InChI=1S/C14H17BrN2O6/c1-3-6-22-8-9(14(20)21)16-12(18)7-17(2)13(19)10-4-5-11(15)23-10/h3-5,9H,1,6-8H2,2H3,(H,16,18)(H,20,21). The van der Waals surface area contributed by atoms with Gasteiger partial charge in [-0.05, 0) is 28.1 Å². The van der Waals surface area contributed by atoms with Gasteiger partial charge < -0.3 is 24.5 Å². The van der Waals surface area contributed by atoms with Gasteiger partial charge in [-0.3, -0.25) is 9.59 Å². The van der Waals surface area contributed by atoms with Crippen LogP contribution < -0.4 is 5.32 Å². The van der Waals surface area contributed by atoms with E-state index in [1.54, 1.807) is 6.07 Å². The first kappa shape index (κ1) is 18.9. The first-order chi connectivity index (χ1) is 10.8. The summed E-state index contributed by atoms with van der Waals surface area (Å²) in [4.78, 5) is 36.0. The highest BCUT2D eigenvalue weighted by Gasteiger charge is 2.23. The number of furan rings is 1. The summed E-state index contributed by atoms with van der Waals surface area (Å²) in [5.74, 6) is -2.29. The number of rotatable bonds is 9. The van der Waals surface area contributed by atoms with Crippen LogP contribution in [-0.4, -0.2) is 60.6 Å². The second-order valence-electron chi connectivity index (χ2n) is 4.55. The Balaban J connectivity index is 2.54. The predicted molar refractivity (Wildman–Crippen MR) is 84.0 cm³/mol. The molecule has 8 nitrogen and oxygen atoms in total.